The minimum absolute atomic E-state index is 0.243. The van der Waals surface area contributed by atoms with E-state index in [1.54, 1.807) is 0 Å². The second kappa shape index (κ2) is 10.1. The smallest absolute Gasteiger partial charge is 0.0781 e. The van der Waals surface area contributed by atoms with Crippen LogP contribution in [0.4, 0.5) is 17.1 Å². The number of benzene rings is 4. The number of hydrogen-bond acceptors (Lipinski definition) is 3. The van der Waals surface area contributed by atoms with E-state index in [2.05, 4.69) is 134 Å². The predicted molar refractivity (Wildman–Crippen MR) is 149 cm³/mol. The molecule has 4 aromatic carbocycles. The molecule has 174 valence electrons. The summed E-state index contributed by atoms with van der Waals surface area (Å²) in [5.74, 6) is 0. The molecule has 3 nitrogen and oxygen atoms in total. The summed E-state index contributed by atoms with van der Waals surface area (Å²) in [5, 5.41) is 0. The third-order valence-corrected chi connectivity index (χ3v) is 6.31. The van der Waals surface area contributed by atoms with Crippen molar-refractivity contribution < 1.29 is 0 Å². The molecule has 0 N–H and O–H groups in total. The number of fused-ring (bicyclic) bond motifs is 1. The maximum Gasteiger partial charge on any atom is 0.0781 e. The lowest BCUT2D eigenvalue weighted by Gasteiger charge is -2.35. The van der Waals surface area contributed by atoms with Gasteiger partial charge in [-0.05, 0) is 50.3 Å². The van der Waals surface area contributed by atoms with Crippen molar-refractivity contribution in [3.8, 4) is 0 Å². The Bertz CT molecular complexity index is 1310. The Hall–Kier alpha value is -3.95. The van der Waals surface area contributed by atoms with Gasteiger partial charge in [0.25, 0.3) is 0 Å². The molecule has 5 rings (SSSR count). The first-order valence-electron chi connectivity index (χ1n) is 12.1. The normalized spacial score (nSPS) is 14.6. The molecule has 0 saturated carbocycles. The summed E-state index contributed by atoms with van der Waals surface area (Å²) in [6, 6.07) is 36.3. The highest BCUT2D eigenvalue weighted by Crippen LogP contribution is 2.39. The number of rotatable bonds is 6. The summed E-state index contributed by atoms with van der Waals surface area (Å²) in [5.41, 5.74) is 9.10. The summed E-state index contributed by atoms with van der Waals surface area (Å²) in [6.45, 7) is 3.11. The fourth-order valence-electron chi connectivity index (χ4n) is 4.68. The van der Waals surface area contributed by atoms with E-state index in [0.717, 1.165) is 29.1 Å². The maximum atomic E-state index is 5.21. The molecule has 1 atom stereocenters. The van der Waals surface area contributed by atoms with E-state index in [1.165, 1.54) is 22.5 Å². The van der Waals surface area contributed by atoms with Gasteiger partial charge in [0, 0.05) is 35.1 Å². The molecule has 0 saturated heterocycles. The minimum atomic E-state index is 0.243. The summed E-state index contributed by atoms with van der Waals surface area (Å²) < 4.78 is 0. The van der Waals surface area contributed by atoms with Gasteiger partial charge in [0.1, 0.15) is 0 Å². The van der Waals surface area contributed by atoms with Crippen LogP contribution < -0.4 is 4.90 Å². The lowest BCUT2D eigenvalue weighted by atomic mass is 10.00. The van der Waals surface area contributed by atoms with Gasteiger partial charge in [-0.15, -0.1) is 0 Å². The van der Waals surface area contributed by atoms with Crippen LogP contribution in [-0.2, 0) is 6.54 Å². The van der Waals surface area contributed by atoms with Crippen LogP contribution in [0.3, 0.4) is 0 Å². The van der Waals surface area contributed by atoms with Crippen LogP contribution in [0, 0.1) is 0 Å². The second-order valence-corrected chi connectivity index (χ2v) is 9.27. The molecule has 0 fully saturated rings. The number of para-hydroxylation sites is 1. The summed E-state index contributed by atoms with van der Waals surface area (Å²) in [7, 11) is 4.23. The van der Waals surface area contributed by atoms with E-state index < -0.39 is 0 Å². The average molecular weight is 458 g/mol. The molecule has 4 aromatic rings. The van der Waals surface area contributed by atoms with Crippen LogP contribution >= 0.6 is 0 Å². The first-order chi connectivity index (χ1) is 17.1. The highest BCUT2D eigenvalue weighted by molar-refractivity contribution is 6.14. The molecule has 35 heavy (non-hydrogen) atoms. The van der Waals surface area contributed by atoms with Crippen molar-refractivity contribution in [3.63, 3.8) is 0 Å². The zero-order chi connectivity index (χ0) is 24.2. The Labute approximate surface area is 208 Å². The van der Waals surface area contributed by atoms with Gasteiger partial charge in [-0.1, -0.05) is 97.1 Å². The highest BCUT2D eigenvalue weighted by Gasteiger charge is 2.23. The Morgan fingerprint density at radius 1 is 0.771 bits per heavy atom. The molecule has 0 aromatic heterocycles. The number of nitrogens with zero attached hydrogens (tertiary/aromatic N) is 3. The number of aliphatic imine (C=N–C) groups is 1. The van der Waals surface area contributed by atoms with E-state index in [4.69, 9.17) is 4.99 Å². The Balaban J connectivity index is 1.67. The van der Waals surface area contributed by atoms with Crippen molar-refractivity contribution in [1.82, 2.24) is 4.90 Å². The molecule has 0 spiro atoms. The molecule has 0 bridgehead atoms. The first kappa shape index (κ1) is 22.8. The maximum absolute atomic E-state index is 5.21. The van der Waals surface area contributed by atoms with Crippen molar-refractivity contribution >= 4 is 28.8 Å². The van der Waals surface area contributed by atoms with Crippen molar-refractivity contribution in [2.24, 2.45) is 4.99 Å². The minimum Gasteiger partial charge on any atom is -0.334 e. The fraction of sp³-hybridized carbons (Fsp3) is 0.156. The Kier molecular flexibility index (Phi) is 6.60. The van der Waals surface area contributed by atoms with Crippen molar-refractivity contribution in [2.45, 2.75) is 19.5 Å². The van der Waals surface area contributed by atoms with Crippen LogP contribution in [0.15, 0.2) is 114 Å². The fourth-order valence-corrected chi connectivity index (χ4v) is 4.68. The molecular weight excluding hydrogens is 426 g/mol. The van der Waals surface area contributed by atoms with Gasteiger partial charge >= 0.3 is 0 Å². The van der Waals surface area contributed by atoms with Gasteiger partial charge in [-0.25, -0.2) is 4.99 Å². The predicted octanol–water partition coefficient (Wildman–Crippen LogP) is 7.47. The highest BCUT2D eigenvalue weighted by atomic mass is 15.2. The van der Waals surface area contributed by atoms with E-state index in [-0.39, 0.29) is 6.04 Å². The SMILES string of the molecule is CC1C=Cc2ccccc2N1c1cc(N=C(c2ccccc2)c2ccccc2)ccc1CN(C)C. The summed E-state index contributed by atoms with van der Waals surface area (Å²) in [4.78, 5) is 9.88. The molecule has 0 aliphatic carbocycles. The Morgan fingerprint density at radius 3 is 2.06 bits per heavy atom. The largest absolute Gasteiger partial charge is 0.334 e. The topological polar surface area (TPSA) is 18.8 Å². The number of anilines is 2. The van der Waals surface area contributed by atoms with E-state index in [0.29, 0.717) is 0 Å². The number of hydrogen-bond donors (Lipinski definition) is 0. The van der Waals surface area contributed by atoms with Gasteiger partial charge in [-0.3, -0.25) is 0 Å². The van der Waals surface area contributed by atoms with Gasteiger partial charge in [0.05, 0.1) is 11.4 Å². The molecule has 1 unspecified atom stereocenters. The molecular formula is C32H31N3. The van der Waals surface area contributed by atoms with Crippen LogP contribution in [0.2, 0.25) is 0 Å². The van der Waals surface area contributed by atoms with E-state index >= 15 is 0 Å². The Morgan fingerprint density at radius 2 is 1.40 bits per heavy atom. The van der Waals surface area contributed by atoms with Crippen molar-refractivity contribution in [2.75, 3.05) is 19.0 Å². The quantitative estimate of drug-likeness (QED) is 0.280. The summed E-state index contributed by atoms with van der Waals surface area (Å²) >= 11 is 0. The van der Waals surface area contributed by atoms with Gasteiger partial charge < -0.3 is 9.80 Å². The third-order valence-electron chi connectivity index (χ3n) is 6.31. The second-order valence-electron chi connectivity index (χ2n) is 9.27. The molecule has 1 aliphatic heterocycles. The van der Waals surface area contributed by atoms with Crippen LogP contribution in [0.1, 0.15) is 29.2 Å². The lowest BCUT2D eigenvalue weighted by molar-refractivity contribution is 0.402. The molecule has 0 radical (unpaired) electrons. The molecule has 0 amide bonds. The van der Waals surface area contributed by atoms with Gasteiger partial charge in [-0.2, -0.15) is 0 Å². The van der Waals surface area contributed by atoms with Gasteiger partial charge in [0.2, 0.25) is 0 Å². The van der Waals surface area contributed by atoms with Crippen molar-refractivity contribution in [1.29, 1.82) is 0 Å². The standard InChI is InChI=1S/C32H31N3/c1-24-18-19-25-12-10-11-17-30(25)35(24)31-22-29(21-20-28(31)23-34(2)3)33-32(26-13-6-4-7-14-26)27-15-8-5-9-16-27/h4-22,24H,23H2,1-3H3. The lowest BCUT2D eigenvalue weighted by Crippen LogP contribution is -2.30. The molecule has 1 heterocycles. The monoisotopic (exact) mass is 457 g/mol. The van der Waals surface area contributed by atoms with E-state index in [1.807, 2.05) is 12.1 Å². The van der Waals surface area contributed by atoms with Crippen LogP contribution in [0.25, 0.3) is 6.08 Å². The zero-order valence-corrected chi connectivity index (χ0v) is 20.6. The van der Waals surface area contributed by atoms with E-state index in [9.17, 15) is 0 Å². The zero-order valence-electron chi connectivity index (χ0n) is 20.6. The third kappa shape index (κ3) is 4.96. The first-order valence-corrected chi connectivity index (χ1v) is 12.1. The van der Waals surface area contributed by atoms with Crippen molar-refractivity contribution in [3.05, 3.63) is 131 Å². The molecule has 3 heteroatoms. The van der Waals surface area contributed by atoms with Crippen LogP contribution in [0.5, 0.6) is 0 Å². The van der Waals surface area contributed by atoms with Gasteiger partial charge in [0.15, 0.2) is 0 Å². The summed E-state index contributed by atoms with van der Waals surface area (Å²) in [6.07, 6.45) is 4.50. The van der Waals surface area contributed by atoms with Crippen LogP contribution in [-0.4, -0.2) is 30.7 Å². The average Bonchev–Trinajstić information content (AvgIpc) is 2.89. The molecule has 1 aliphatic rings.